The van der Waals surface area contributed by atoms with E-state index >= 15 is 0 Å². The number of rotatable bonds is 7. The number of likely N-dealkylation sites (N-methyl/N-ethyl adjacent to an activating group) is 1. The summed E-state index contributed by atoms with van der Waals surface area (Å²) >= 11 is 1.44. The predicted octanol–water partition coefficient (Wildman–Crippen LogP) is 4.15. The zero-order valence-electron chi connectivity index (χ0n) is 18.8. The van der Waals surface area contributed by atoms with Gasteiger partial charge >= 0.3 is 0 Å². The highest BCUT2D eigenvalue weighted by Crippen LogP contribution is 2.42. The molecule has 1 saturated carbocycles. The van der Waals surface area contributed by atoms with Crippen LogP contribution in [0.25, 0.3) is 22.3 Å². The molecule has 4 aromatic rings. The number of amides is 1. The Kier molecular flexibility index (Phi) is 5.41. The van der Waals surface area contributed by atoms with Crippen LogP contribution in [-0.2, 0) is 4.79 Å². The van der Waals surface area contributed by atoms with E-state index in [0.717, 1.165) is 51.8 Å². The van der Waals surface area contributed by atoms with Crippen LogP contribution in [0, 0.1) is 0 Å². The molecular weight excluding hydrogens is 450 g/mol. The molecule has 0 saturated heterocycles. The monoisotopic (exact) mass is 475 g/mol. The van der Waals surface area contributed by atoms with Gasteiger partial charge in [-0.1, -0.05) is 42.1 Å². The molecule has 2 aromatic heterocycles. The van der Waals surface area contributed by atoms with Crippen molar-refractivity contribution in [3.8, 4) is 22.9 Å². The van der Waals surface area contributed by atoms with Gasteiger partial charge in [-0.2, -0.15) is 0 Å². The Morgan fingerprint density at radius 2 is 1.94 bits per heavy atom. The Bertz CT molecular complexity index is 1350. The minimum atomic E-state index is -0.197. The second-order valence-corrected chi connectivity index (χ2v) is 9.66. The summed E-state index contributed by atoms with van der Waals surface area (Å²) < 4.78 is 14.0. The summed E-state index contributed by atoms with van der Waals surface area (Å²) in [6.45, 7) is 0.884. The van der Waals surface area contributed by atoms with Gasteiger partial charge in [-0.25, -0.2) is 0 Å². The maximum atomic E-state index is 12.9. The fourth-order valence-corrected chi connectivity index (χ4v) is 5.22. The molecule has 3 heterocycles. The topological polar surface area (TPSA) is 85.3 Å². The number of hydrogen-bond acceptors (Lipinski definition) is 6. The first-order valence-electron chi connectivity index (χ1n) is 11.4. The zero-order valence-corrected chi connectivity index (χ0v) is 19.6. The van der Waals surface area contributed by atoms with Crippen LogP contribution < -0.4 is 9.47 Å². The van der Waals surface area contributed by atoms with Crippen molar-refractivity contribution in [2.75, 3.05) is 26.0 Å². The molecule has 34 heavy (non-hydrogen) atoms. The highest BCUT2D eigenvalue weighted by molar-refractivity contribution is 7.99. The molecule has 1 fully saturated rings. The zero-order chi connectivity index (χ0) is 23.1. The first kappa shape index (κ1) is 21.1. The van der Waals surface area contributed by atoms with Crippen molar-refractivity contribution >= 4 is 28.6 Å². The summed E-state index contributed by atoms with van der Waals surface area (Å²) in [5.74, 6) is 2.63. The lowest BCUT2D eigenvalue weighted by molar-refractivity contribution is -0.128. The molecule has 6 rings (SSSR count). The average molecular weight is 476 g/mol. The number of para-hydroxylation sites is 3. The standard InChI is InChI=1S/C25H25N5O3S/c1-29(13-17-14-32-21-8-4-5-9-22(21)33-17)23(31)15-34-25-28-27-24(30(25)16-10-11-16)19-12-26-20-7-3-2-6-18(19)20/h2-9,12,16-17,26H,10-11,13-15H2,1H3. The summed E-state index contributed by atoms with van der Waals surface area (Å²) in [5.41, 5.74) is 2.12. The summed E-state index contributed by atoms with van der Waals surface area (Å²) in [6.07, 6.45) is 4.01. The van der Waals surface area contributed by atoms with Gasteiger partial charge in [-0.15, -0.1) is 10.2 Å². The molecule has 9 heteroatoms. The van der Waals surface area contributed by atoms with Gasteiger partial charge in [0, 0.05) is 35.8 Å². The van der Waals surface area contributed by atoms with Crippen LogP contribution >= 0.6 is 11.8 Å². The Balaban J connectivity index is 1.13. The van der Waals surface area contributed by atoms with Crippen LogP contribution in [0.3, 0.4) is 0 Å². The van der Waals surface area contributed by atoms with E-state index in [4.69, 9.17) is 9.47 Å². The maximum absolute atomic E-state index is 12.9. The number of carbonyl (C=O) groups excluding carboxylic acids is 1. The number of benzene rings is 2. The summed E-state index contributed by atoms with van der Waals surface area (Å²) in [5, 5.41) is 10.9. The number of aromatic nitrogens is 4. The highest BCUT2D eigenvalue weighted by atomic mass is 32.2. The van der Waals surface area contributed by atoms with Crippen molar-refractivity contribution in [1.82, 2.24) is 24.6 Å². The van der Waals surface area contributed by atoms with Crippen molar-refractivity contribution in [2.24, 2.45) is 0 Å². The molecule has 174 valence electrons. The van der Waals surface area contributed by atoms with Crippen molar-refractivity contribution < 1.29 is 14.3 Å². The smallest absolute Gasteiger partial charge is 0.232 e. The molecule has 0 spiro atoms. The molecule has 2 aliphatic rings. The van der Waals surface area contributed by atoms with Gasteiger partial charge in [0.2, 0.25) is 5.91 Å². The van der Waals surface area contributed by atoms with E-state index in [1.165, 1.54) is 11.8 Å². The normalized spacial score (nSPS) is 17.1. The molecule has 0 bridgehead atoms. The van der Waals surface area contributed by atoms with E-state index in [1.54, 1.807) is 11.9 Å². The van der Waals surface area contributed by atoms with Gasteiger partial charge in [-0.3, -0.25) is 9.36 Å². The van der Waals surface area contributed by atoms with E-state index in [9.17, 15) is 4.79 Å². The minimum absolute atomic E-state index is 0.0199. The van der Waals surface area contributed by atoms with Crippen LogP contribution in [0.15, 0.2) is 59.9 Å². The third-order valence-electron chi connectivity index (χ3n) is 6.20. The van der Waals surface area contributed by atoms with Crippen LogP contribution in [0.5, 0.6) is 11.5 Å². The molecule has 2 aromatic carbocycles. The Hall–Kier alpha value is -3.46. The lowest BCUT2D eigenvalue weighted by atomic mass is 10.1. The van der Waals surface area contributed by atoms with Crippen LogP contribution in [0.1, 0.15) is 18.9 Å². The number of ether oxygens (including phenoxy) is 2. The van der Waals surface area contributed by atoms with E-state index < -0.39 is 0 Å². The molecule has 1 unspecified atom stereocenters. The second kappa shape index (κ2) is 8.72. The number of aromatic amines is 1. The quantitative estimate of drug-likeness (QED) is 0.404. The van der Waals surface area contributed by atoms with Crippen molar-refractivity contribution in [3.63, 3.8) is 0 Å². The number of carbonyl (C=O) groups is 1. The van der Waals surface area contributed by atoms with E-state index in [2.05, 4.69) is 31.9 Å². The third kappa shape index (κ3) is 4.00. The fourth-order valence-electron chi connectivity index (χ4n) is 4.27. The number of thioether (sulfide) groups is 1. The van der Waals surface area contributed by atoms with Crippen LogP contribution in [0.4, 0.5) is 0 Å². The summed E-state index contributed by atoms with van der Waals surface area (Å²) in [4.78, 5) is 17.9. The van der Waals surface area contributed by atoms with E-state index in [0.29, 0.717) is 24.9 Å². The van der Waals surface area contributed by atoms with Gasteiger partial charge < -0.3 is 19.4 Å². The Labute approximate surface area is 201 Å². The predicted molar refractivity (Wildman–Crippen MR) is 130 cm³/mol. The van der Waals surface area contributed by atoms with Crippen LogP contribution in [0.2, 0.25) is 0 Å². The number of H-pyrrole nitrogens is 1. The summed E-state index contributed by atoms with van der Waals surface area (Å²) in [7, 11) is 1.80. The molecule has 0 radical (unpaired) electrons. The second-order valence-electron chi connectivity index (χ2n) is 8.72. The van der Waals surface area contributed by atoms with Crippen LogP contribution in [-0.4, -0.2) is 62.6 Å². The number of fused-ring (bicyclic) bond motifs is 2. The fraction of sp³-hybridized carbons (Fsp3) is 0.320. The SMILES string of the molecule is CN(CC1COc2ccccc2O1)C(=O)CSc1nnc(-c2c[nH]c3ccccc23)n1C1CC1. The van der Waals surface area contributed by atoms with Gasteiger partial charge in [-0.05, 0) is 31.0 Å². The molecule has 1 N–H and O–H groups in total. The largest absolute Gasteiger partial charge is 0.486 e. The lowest BCUT2D eigenvalue weighted by Crippen LogP contribution is -2.42. The highest BCUT2D eigenvalue weighted by Gasteiger charge is 2.31. The summed E-state index contributed by atoms with van der Waals surface area (Å²) in [6, 6.07) is 16.2. The van der Waals surface area contributed by atoms with Gasteiger partial charge in [0.1, 0.15) is 6.61 Å². The molecule has 1 aliphatic carbocycles. The molecule has 1 amide bonds. The maximum Gasteiger partial charge on any atom is 0.232 e. The van der Waals surface area contributed by atoms with Gasteiger partial charge in [0.25, 0.3) is 0 Å². The molecule has 1 atom stereocenters. The Morgan fingerprint density at radius 1 is 1.15 bits per heavy atom. The molecule has 1 aliphatic heterocycles. The van der Waals surface area contributed by atoms with Gasteiger partial charge in [0.05, 0.1) is 12.3 Å². The first-order valence-corrected chi connectivity index (χ1v) is 12.4. The lowest BCUT2D eigenvalue weighted by Gasteiger charge is -2.29. The third-order valence-corrected chi connectivity index (χ3v) is 7.13. The van der Waals surface area contributed by atoms with Crippen molar-refractivity contribution in [2.45, 2.75) is 30.1 Å². The Morgan fingerprint density at radius 3 is 2.79 bits per heavy atom. The number of nitrogens with one attached hydrogen (secondary N) is 1. The first-order chi connectivity index (χ1) is 16.7. The number of nitrogens with zero attached hydrogens (tertiary/aromatic N) is 4. The van der Waals surface area contributed by atoms with Gasteiger partial charge in [0.15, 0.2) is 28.6 Å². The van der Waals surface area contributed by atoms with E-state index in [-0.39, 0.29) is 12.0 Å². The number of hydrogen-bond donors (Lipinski definition) is 1. The van der Waals surface area contributed by atoms with E-state index in [1.807, 2.05) is 42.6 Å². The molecular formula is C25H25N5O3S. The van der Waals surface area contributed by atoms with Crippen molar-refractivity contribution in [1.29, 1.82) is 0 Å². The minimum Gasteiger partial charge on any atom is -0.486 e. The molecule has 8 nitrogen and oxygen atoms in total. The average Bonchev–Trinajstić information content (AvgIpc) is 3.48. The van der Waals surface area contributed by atoms with Crippen molar-refractivity contribution in [3.05, 3.63) is 54.7 Å².